The summed E-state index contributed by atoms with van der Waals surface area (Å²) in [7, 11) is 2.10. The lowest BCUT2D eigenvalue weighted by molar-refractivity contribution is 0.621. The Morgan fingerprint density at radius 3 is 2.52 bits per heavy atom. The highest BCUT2D eigenvalue weighted by atomic mass is 19.1. The Kier molecular flexibility index (Phi) is 3.80. The van der Waals surface area contributed by atoms with Crippen molar-refractivity contribution in [2.45, 2.75) is 13.1 Å². The summed E-state index contributed by atoms with van der Waals surface area (Å²) in [5, 5.41) is 0. The number of benzene rings is 2. The first-order valence-electron chi connectivity index (χ1n) is 7.21. The highest BCUT2D eigenvalue weighted by Crippen LogP contribution is 2.32. The maximum atomic E-state index is 13.6. The van der Waals surface area contributed by atoms with Gasteiger partial charge in [-0.25, -0.2) is 4.39 Å². The normalized spacial score (nSPS) is 14.2. The van der Waals surface area contributed by atoms with Gasteiger partial charge in [-0.1, -0.05) is 18.2 Å². The van der Waals surface area contributed by atoms with Gasteiger partial charge >= 0.3 is 0 Å². The zero-order valence-electron chi connectivity index (χ0n) is 12.2. The van der Waals surface area contributed by atoms with E-state index in [1.807, 2.05) is 18.2 Å². The van der Waals surface area contributed by atoms with Crippen LogP contribution in [-0.2, 0) is 13.1 Å². The quantitative estimate of drug-likeness (QED) is 0.941. The third-order valence-corrected chi connectivity index (χ3v) is 3.97. The fraction of sp³-hybridized carbons (Fsp3) is 0.294. The van der Waals surface area contributed by atoms with Gasteiger partial charge < -0.3 is 15.5 Å². The monoisotopic (exact) mass is 285 g/mol. The summed E-state index contributed by atoms with van der Waals surface area (Å²) in [6.07, 6.45) is 0. The molecule has 0 aromatic heterocycles. The second kappa shape index (κ2) is 5.74. The van der Waals surface area contributed by atoms with Gasteiger partial charge in [0.25, 0.3) is 0 Å². The van der Waals surface area contributed by atoms with Crippen molar-refractivity contribution in [2.24, 2.45) is 5.73 Å². The lowest BCUT2D eigenvalue weighted by atomic mass is 10.1. The van der Waals surface area contributed by atoms with Crippen molar-refractivity contribution in [3.63, 3.8) is 0 Å². The van der Waals surface area contributed by atoms with E-state index < -0.39 is 0 Å². The summed E-state index contributed by atoms with van der Waals surface area (Å²) in [4.78, 5) is 4.55. The molecule has 0 spiro atoms. The predicted molar refractivity (Wildman–Crippen MR) is 85.1 cm³/mol. The van der Waals surface area contributed by atoms with Crippen LogP contribution in [0.5, 0.6) is 0 Å². The highest BCUT2D eigenvalue weighted by Gasteiger charge is 2.19. The van der Waals surface area contributed by atoms with Crippen LogP contribution in [0.2, 0.25) is 0 Å². The van der Waals surface area contributed by atoms with Crippen LogP contribution in [0.4, 0.5) is 15.8 Å². The van der Waals surface area contributed by atoms with Crippen LogP contribution in [0.1, 0.15) is 11.1 Å². The van der Waals surface area contributed by atoms with E-state index in [2.05, 4.69) is 29.0 Å². The maximum Gasteiger partial charge on any atom is 0.123 e. The van der Waals surface area contributed by atoms with Crippen LogP contribution in [-0.4, -0.2) is 20.1 Å². The maximum absolute atomic E-state index is 13.6. The summed E-state index contributed by atoms with van der Waals surface area (Å²) in [6.45, 7) is 2.97. The van der Waals surface area contributed by atoms with Gasteiger partial charge in [0.1, 0.15) is 5.82 Å². The molecule has 0 atom stereocenters. The van der Waals surface area contributed by atoms with E-state index >= 15 is 0 Å². The molecule has 2 aromatic rings. The Morgan fingerprint density at radius 2 is 1.76 bits per heavy atom. The molecule has 0 amide bonds. The third kappa shape index (κ3) is 2.85. The van der Waals surface area contributed by atoms with Crippen LogP contribution < -0.4 is 15.5 Å². The summed E-state index contributed by atoms with van der Waals surface area (Å²) in [5.74, 6) is -0.213. The van der Waals surface area contributed by atoms with Gasteiger partial charge in [-0.3, -0.25) is 0 Å². The number of nitrogens with zero attached hydrogens (tertiary/aromatic N) is 2. The summed E-state index contributed by atoms with van der Waals surface area (Å²) >= 11 is 0. The Hall–Kier alpha value is -2.07. The summed E-state index contributed by atoms with van der Waals surface area (Å²) in [6, 6.07) is 13.4. The van der Waals surface area contributed by atoms with Crippen molar-refractivity contribution in [1.82, 2.24) is 0 Å². The van der Waals surface area contributed by atoms with Crippen molar-refractivity contribution in [2.75, 3.05) is 29.9 Å². The Morgan fingerprint density at radius 1 is 1.05 bits per heavy atom. The molecule has 1 aliphatic heterocycles. The standard InChI is InChI=1S/C17H20FN3/c1-20-6-7-21(17-5-3-2-4-16(17)20)12-14-8-13(11-19)9-15(18)10-14/h2-5,8-10H,6-7,11-12,19H2,1H3. The molecule has 110 valence electrons. The first-order valence-corrected chi connectivity index (χ1v) is 7.21. The predicted octanol–water partition coefficient (Wildman–Crippen LogP) is 2.74. The number of para-hydroxylation sites is 2. The molecular weight excluding hydrogens is 265 g/mol. The molecule has 0 unspecified atom stereocenters. The van der Waals surface area contributed by atoms with Gasteiger partial charge in [-0.15, -0.1) is 0 Å². The highest BCUT2D eigenvalue weighted by molar-refractivity contribution is 5.73. The van der Waals surface area contributed by atoms with E-state index in [0.717, 1.165) is 24.2 Å². The molecule has 21 heavy (non-hydrogen) atoms. The Labute approximate surface area is 124 Å². The molecule has 2 N–H and O–H groups in total. The lowest BCUT2D eigenvalue weighted by Gasteiger charge is -2.37. The number of likely N-dealkylation sites (N-methyl/N-ethyl adjacent to an activating group) is 1. The fourth-order valence-corrected chi connectivity index (χ4v) is 2.88. The molecule has 3 nitrogen and oxygen atoms in total. The van der Waals surface area contributed by atoms with E-state index in [0.29, 0.717) is 13.1 Å². The van der Waals surface area contributed by atoms with Gasteiger partial charge in [-0.05, 0) is 35.4 Å². The van der Waals surface area contributed by atoms with Gasteiger partial charge in [0.15, 0.2) is 0 Å². The lowest BCUT2D eigenvalue weighted by Crippen LogP contribution is -2.38. The van der Waals surface area contributed by atoms with Gasteiger partial charge in [0, 0.05) is 33.2 Å². The Balaban J connectivity index is 1.89. The first kappa shape index (κ1) is 13.9. The molecule has 2 aromatic carbocycles. The van der Waals surface area contributed by atoms with Gasteiger partial charge in [0.05, 0.1) is 11.4 Å². The van der Waals surface area contributed by atoms with Crippen LogP contribution >= 0.6 is 0 Å². The van der Waals surface area contributed by atoms with Crippen LogP contribution in [0.25, 0.3) is 0 Å². The molecule has 3 rings (SSSR count). The van der Waals surface area contributed by atoms with Gasteiger partial charge in [-0.2, -0.15) is 0 Å². The molecule has 1 aliphatic rings. The van der Waals surface area contributed by atoms with E-state index in [-0.39, 0.29) is 5.82 Å². The minimum absolute atomic E-state index is 0.213. The average molecular weight is 285 g/mol. The SMILES string of the molecule is CN1CCN(Cc2cc(F)cc(CN)c2)c2ccccc21. The molecule has 0 saturated heterocycles. The summed E-state index contributed by atoms with van der Waals surface area (Å²) in [5.41, 5.74) is 9.86. The van der Waals surface area contributed by atoms with Crippen LogP contribution in [0.3, 0.4) is 0 Å². The van der Waals surface area contributed by atoms with Crippen molar-refractivity contribution in [3.05, 3.63) is 59.4 Å². The van der Waals surface area contributed by atoms with E-state index in [4.69, 9.17) is 5.73 Å². The second-order valence-electron chi connectivity index (χ2n) is 5.50. The van der Waals surface area contributed by atoms with Gasteiger partial charge in [0.2, 0.25) is 0 Å². The largest absolute Gasteiger partial charge is 0.371 e. The molecule has 0 aliphatic carbocycles. The average Bonchev–Trinajstić information content (AvgIpc) is 2.50. The molecule has 0 fully saturated rings. The molecule has 0 radical (unpaired) electrons. The molecule has 4 heteroatoms. The van der Waals surface area contributed by atoms with E-state index in [9.17, 15) is 4.39 Å². The van der Waals surface area contributed by atoms with Crippen molar-refractivity contribution in [3.8, 4) is 0 Å². The smallest absolute Gasteiger partial charge is 0.123 e. The van der Waals surface area contributed by atoms with E-state index in [1.165, 1.54) is 17.4 Å². The zero-order valence-corrected chi connectivity index (χ0v) is 12.2. The molecular formula is C17H20FN3. The fourth-order valence-electron chi connectivity index (χ4n) is 2.88. The Bertz CT molecular complexity index is 642. The third-order valence-electron chi connectivity index (χ3n) is 3.97. The number of fused-ring (bicyclic) bond motifs is 1. The number of nitrogens with two attached hydrogens (primary N) is 1. The van der Waals surface area contributed by atoms with Crippen LogP contribution in [0.15, 0.2) is 42.5 Å². The van der Waals surface area contributed by atoms with Crippen molar-refractivity contribution < 1.29 is 4.39 Å². The molecule has 1 heterocycles. The zero-order chi connectivity index (χ0) is 14.8. The van der Waals surface area contributed by atoms with Crippen molar-refractivity contribution in [1.29, 1.82) is 0 Å². The number of hydrogen-bond donors (Lipinski definition) is 1. The van der Waals surface area contributed by atoms with Crippen LogP contribution in [0, 0.1) is 5.82 Å². The first-order chi connectivity index (χ1) is 10.2. The van der Waals surface area contributed by atoms with Crippen molar-refractivity contribution >= 4 is 11.4 Å². The number of hydrogen-bond acceptors (Lipinski definition) is 3. The number of anilines is 2. The second-order valence-corrected chi connectivity index (χ2v) is 5.50. The molecule has 0 bridgehead atoms. The van der Waals surface area contributed by atoms with E-state index in [1.54, 1.807) is 6.07 Å². The summed E-state index contributed by atoms with van der Waals surface area (Å²) < 4.78 is 13.6. The number of halogens is 1. The molecule has 0 saturated carbocycles. The minimum Gasteiger partial charge on any atom is -0.371 e. The minimum atomic E-state index is -0.213. The topological polar surface area (TPSA) is 32.5 Å². The number of rotatable bonds is 3.